The number of nitrogens with one attached hydrogen (secondary N) is 1. The van der Waals surface area contributed by atoms with Crippen molar-refractivity contribution in [3.63, 3.8) is 0 Å². The molecule has 2 aromatic rings. The van der Waals surface area contributed by atoms with Gasteiger partial charge in [0.05, 0.1) is 12.0 Å². The molecule has 0 aliphatic carbocycles. The molecule has 6 heteroatoms. The molecule has 2 aromatic carbocycles. The molecule has 1 unspecified atom stereocenters. The number of non-ortho nitro benzene ring substituents is 1. The summed E-state index contributed by atoms with van der Waals surface area (Å²) in [5.74, 6) is 0.954. The van der Waals surface area contributed by atoms with E-state index in [1.807, 2.05) is 18.2 Å². The van der Waals surface area contributed by atoms with Crippen LogP contribution in [0.25, 0.3) is 0 Å². The van der Waals surface area contributed by atoms with Gasteiger partial charge in [-0.05, 0) is 28.8 Å². The number of ether oxygens (including phenoxy) is 1. The standard InChI is InChI=1S/C16H16N2O3.ClH/c1-21-14-5-6-15-12(8-14)9-17-10-16(15)11-3-2-4-13(7-11)18(19)20;/h2-8,16-17H,9-10H2,1H3;1H. The Morgan fingerprint density at radius 1 is 1.27 bits per heavy atom. The van der Waals surface area contributed by atoms with E-state index < -0.39 is 0 Å². The second-order valence-electron chi connectivity index (χ2n) is 5.10. The number of halogens is 1. The Labute approximate surface area is 134 Å². The summed E-state index contributed by atoms with van der Waals surface area (Å²) in [4.78, 5) is 10.6. The molecule has 1 N–H and O–H groups in total. The molecule has 0 spiro atoms. The normalized spacial score (nSPS) is 16.3. The molecule has 1 heterocycles. The van der Waals surface area contributed by atoms with E-state index in [0.29, 0.717) is 0 Å². The third-order valence-corrected chi connectivity index (χ3v) is 3.87. The van der Waals surface area contributed by atoms with Gasteiger partial charge in [-0.2, -0.15) is 0 Å². The number of nitro benzene ring substituents is 1. The van der Waals surface area contributed by atoms with Gasteiger partial charge in [0, 0.05) is 31.1 Å². The van der Waals surface area contributed by atoms with E-state index >= 15 is 0 Å². The lowest BCUT2D eigenvalue weighted by Crippen LogP contribution is -2.28. The molecule has 1 aliphatic heterocycles. The zero-order valence-electron chi connectivity index (χ0n) is 12.1. The van der Waals surface area contributed by atoms with Gasteiger partial charge in [-0.3, -0.25) is 10.1 Å². The number of nitrogens with zero attached hydrogens (tertiary/aromatic N) is 1. The van der Waals surface area contributed by atoms with Crippen LogP contribution in [0.15, 0.2) is 42.5 Å². The van der Waals surface area contributed by atoms with Crippen molar-refractivity contribution < 1.29 is 9.66 Å². The van der Waals surface area contributed by atoms with Crippen molar-refractivity contribution in [2.75, 3.05) is 13.7 Å². The fourth-order valence-corrected chi connectivity index (χ4v) is 2.82. The Bertz CT molecular complexity index is 691. The first-order valence-corrected chi connectivity index (χ1v) is 6.81. The van der Waals surface area contributed by atoms with Crippen LogP contribution >= 0.6 is 12.4 Å². The van der Waals surface area contributed by atoms with Gasteiger partial charge >= 0.3 is 0 Å². The molecule has 1 aliphatic rings. The van der Waals surface area contributed by atoms with Crippen LogP contribution in [0, 0.1) is 10.1 Å². The summed E-state index contributed by atoms with van der Waals surface area (Å²) in [7, 11) is 1.65. The van der Waals surface area contributed by atoms with Crippen molar-refractivity contribution in [3.05, 3.63) is 69.3 Å². The van der Waals surface area contributed by atoms with E-state index in [1.165, 1.54) is 17.2 Å². The van der Waals surface area contributed by atoms with Crippen LogP contribution in [0.2, 0.25) is 0 Å². The molecular formula is C16H17ClN2O3. The van der Waals surface area contributed by atoms with E-state index in [9.17, 15) is 10.1 Å². The average molecular weight is 321 g/mol. The molecule has 0 saturated carbocycles. The van der Waals surface area contributed by atoms with Crippen molar-refractivity contribution in [2.45, 2.75) is 12.5 Å². The largest absolute Gasteiger partial charge is 0.497 e. The van der Waals surface area contributed by atoms with Gasteiger partial charge in [-0.1, -0.05) is 18.2 Å². The van der Waals surface area contributed by atoms with Crippen LogP contribution in [0.4, 0.5) is 5.69 Å². The second-order valence-corrected chi connectivity index (χ2v) is 5.10. The molecule has 22 heavy (non-hydrogen) atoms. The van der Waals surface area contributed by atoms with Crippen molar-refractivity contribution >= 4 is 18.1 Å². The first-order chi connectivity index (χ1) is 10.2. The third kappa shape index (κ3) is 3.05. The fourth-order valence-electron chi connectivity index (χ4n) is 2.82. The Hall–Kier alpha value is -2.11. The number of methoxy groups -OCH3 is 1. The minimum absolute atomic E-state index is 0. The molecule has 1 atom stereocenters. The van der Waals surface area contributed by atoms with Gasteiger partial charge < -0.3 is 10.1 Å². The van der Waals surface area contributed by atoms with Crippen molar-refractivity contribution in [3.8, 4) is 5.75 Å². The Balaban J connectivity index is 0.00000176. The molecule has 0 radical (unpaired) electrons. The van der Waals surface area contributed by atoms with Crippen molar-refractivity contribution in [2.24, 2.45) is 0 Å². The Kier molecular flexibility index (Phi) is 5.00. The van der Waals surface area contributed by atoms with Gasteiger partial charge in [0.15, 0.2) is 0 Å². The summed E-state index contributed by atoms with van der Waals surface area (Å²) in [6.07, 6.45) is 0. The molecule has 0 aromatic heterocycles. The highest BCUT2D eigenvalue weighted by atomic mass is 35.5. The van der Waals surface area contributed by atoms with Crippen LogP contribution in [0.1, 0.15) is 22.6 Å². The highest BCUT2D eigenvalue weighted by Crippen LogP contribution is 2.33. The minimum Gasteiger partial charge on any atom is -0.497 e. The fraction of sp³-hybridized carbons (Fsp3) is 0.250. The number of benzene rings is 2. The van der Waals surface area contributed by atoms with Gasteiger partial charge in [-0.25, -0.2) is 0 Å². The van der Waals surface area contributed by atoms with Crippen LogP contribution < -0.4 is 10.1 Å². The van der Waals surface area contributed by atoms with Crippen LogP contribution in [-0.2, 0) is 6.54 Å². The van der Waals surface area contributed by atoms with Gasteiger partial charge in [0.1, 0.15) is 5.75 Å². The number of fused-ring (bicyclic) bond motifs is 1. The average Bonchev–Trinajstić information content (AvgIpc) is 2.53. The maximum absolute atomic E-state index is 10.9. The summed E-state index contributed by atoms with van der Waals surface area (Å²) in [5, 5.41) is 14.3. The zero-order valence-corrected chi connectivity index (χ0v) is 12.9. The Morgan fingerprint density at radius 2 is 2.09 bits per heavy atom. The SMILES string of the molecule is COc1ccc2c(c1)CNCC2c1cccc([N+](=O)[O-])c1.Cl. The summed E-state index contributed by atoms with van der Waals surface area (Å²) >= 11 is 0. The molecule has 116 valence electrons. The van der Waals surface area contributed by atoms with Gasteiger partial charge in [0.2, 0.25) is 0 Å². The van der Waals surface area contributed by atoms with Crippen LogP contribution in [-0.4, -0.2) is 18.6 Å². The van der Waals surface area contributed by atoms with E-state index in [1.54, 1.807) is 19.2 Å². The molecule has 0 amide bonds. The maximum atomic E-state index is 10.9. The van der Waals surface area contributed by atoms with E-state index in [2.05, 4.69) is 11.4 Å². The zero-order chi connectivity index (χ0) is 14.8. The maximum Gasteiger partial charge on any atom is 0.269 e. The number of nitro groups is 1. The monoisotopic (exact) mass is 320 g/mol. The highest BCUT2D eigenvalue weighted by Gasteiger charge is 2.23. The third-order valence-electron chi connectivity index (χ3n) is 3.87. The number of rotatable bonds is 3. The van der Waals surface area contributed by atoms with Gasteiger partial charge in [-0.15, -0.1) is 12.4 Å². The van der Waals surface area contributed by atoms with Crippen LogP contribution in [0.3, 0.4) is 0 Å². The number of hydrogen-bond acceptors (Lipinski definition) is 4. The predicted molar refractivity (Wildman–Crippen MR) is 86.9 cm³/mol. The summed E-state index contributed by atoms with van der Waals surface area (Å²) in [6.45, 7) is 1.57. The quantitative estimate of drug-likeness (QED) is 0.696. The topological polar surface area (TPSA) is 64.4 Å². The lowest BCUT2D eigenvalue weighted by molar-refractivity contribution is -0.384. The minimum atomic E-state index is -0.352. The summed E-state index contributed by atoms with van der Waals surface area (Å²) < 4.78 is 5.25. The molecule has 5 nitrogen and oxygen atoms in total. The summed E-state index contributed by atoms with van der Waals surface area (Å²) in [5.41, 5.74) is 3.48. The van der Waals surface area contributed by atoms with E-state index in [0.717, 1.165) is 24.4 Å². The lowest BCUT2D eigenvalue weighted by atomic mass is 9.85. The Morgan fingerprint density at radius 3 is 2.82 bits per heavy atom. The smallest absolute Gasteiger partial charge is 0.269 e. The number of hydrogen-bond donors (Lipinski definition) is 1. The molecule has 0 saturated heterocycles. The van der Waals surface area contributed by atoms with Crippen molar-refractivity contribution in [1.82, 2.24) is 5.32 Å². The van der Waals surface area contributed by atoms with Crippen LogP contribution in [0.5, 0.6) is 5.75 Å². The van der Waals surface area contributed by atoms with Gasteiger partial charge in [0.25, 0.3) is 5.69 Å². The van der Waals surface area contributed by atoms with Crippen molar-refractivity contribution in [1.29, 1.82) is 0 Å². The first-order valence-electron chi connectivity index (χ1n) is 6.81. The second kappa shape index (κ2) is 6.77. The molecule has 0 fully saturated rings. The molecular weight excluding hydrogens is 304 g/mol. The molecule has 3 rings (SSSR count). The highest BCUT2D eigenvalue weighted by molar-refractivity contribution is 5.85. The lowest BCUT2D eigenvalue weighted by Gasteiger charge is -2.27. The summed E-state index contributed by atoms with van der Waals surface area (Å²) in [6, 6.07) is 12.9. The van der Waals surface area contributed by atoms with E-state index in [4.69, 9.17) is 4.74 Å². The molecule has 0 bridgehead atoms. The van der Waals surface area contributed by atoms with E-state index in [-0.39, 0.29) is 28.9 Å². The first kappa shape index (κ1) is 16.3. The predicted octanol–water partition coefficient (Wildman–Crippen LogP) is 3.26.